The molecule has 0 bridgehead atoms. The van der Waals surface area contributed by atoms with Gasteiger partial charge in [-0.3, -0.25) is 20.2 Å². The van der Waals surface area contributed by atoms with Crippen LogP contribution in [0.3, 0.4) is 0 Å². The quantitative estimate of drug-likeness (QED) is 0.349. The van der Waals surface area contributed by atoms with Crippen molar-refractivity contribution in [1.82, 2.24) is 0 Å². The Labute approximate surface area is 114 Å². The van der Waals surface area contributed by atoms with E-state index >= 15 is 0 Å². The van der Waals surface area contributed by atoms with E-state index in [-0.39, 0.29) is 11.4 Å². The lowest BCUT2D eigenvalue weighted by molar-refractivity contribution is -0.393. The molecule has 0 heterocycles. The maximum absolute atomic E-state index is 10.9. The molecule has 1 aromatic rings. The van der Waals surface area contributed by atoms with Gasteiger partial charge >= 0.3 is 5.69 Å². The highest BCUT2D eigenvalue weighted by atomic mass is 16.6. The summed E-state index contributed by atoms with van der Waals surface area (Å²) in [5.74, 6) is 0. The molecule has 0 spiro atoms. The van der Waals surface area contributed by atoms with Crippen molar-refractivity contribution in [1.29, 1.82) is 0 Å². The van der Waals surface area contributed by atoms with Gasteiger partial charge in [-0.15, -0.1) is 5.11 Å². The summed E-state index contributed by atoms with van der Waals surface area (Å²) in [4.78, 5) is 20.0. The summed E-state index contributed by atoms with van der Waals surface area (Å²) in [6.07, 6.45) is 1.41. The van der Waals surface area contributed by atoms with Crippen LogP contribution in [-0.4, -0.2) is 9.85 Å². The summed E-state index contributed by atoms with van der Waals surface area (Å²) >= 11 is 0. The molecule has 0 aliphatic carbocycles. The highest BCUT2D eigenvalue weighted by Crippen LogP contribution is 2.31. The number of nitrogens with zero attached hydrogens (tertiary/aromatic N) is 4. The Morgan fingerprint density at radius 3 is 2.40 bits per heavy atom. The Morgan fingerprint density at radius 2 is 1.90 bits per heavy atom. The minimum absolute atomic E-state index is 0.0497. The summed E-state index contributed by atoms with van der Waals surface area (Å²) < 4.78 is 0. The normalized spacial score (nSPS) is 11.6. The van der Waals surface area contributed by atoms with E-state index in [1.807, 2.05) is 0 Å². The third-order valence-corrected chi connectivity index (χ3v) is 2.46. The molecule has 8 nitrogen and oxygen atoms in total. The average molecular weight is 276 g/mol. The Kier molecular flexibility index (Phi) is 4.79. The molecule has 0 atom stereocenters. The molecule has 8 heteroatoms. The molecule has 0 saturated carbocycles. The Bertz CT molecular complexity index is 634. The van der Waals surface area contributed by atoms with E-state index in [0.29, 0.717) is 0 Å². The second kappa shape index (κ2) is 6.32. The average Bonchev–Trinajstić information content (AvgIpc) is 2.38. The highest BCUT2D eigenvalue weighted by molar-refractivity contribution is 5.61. The van der Waals surface area contributed by atoms with E-state index in [9.17, 15) is 20.2 Å². The summed E-state index contributed by atoms with van der Waals surface area (Å²) in [5, 5.41) is 28.8. The number of rotatable bonds is 5. The molecule has 1 aromatic carbocycles. The minimum atomic E-state index is -0.739. The summed E-state index contributed by atoms with van der Waals surface area (Å²) in [7, 11) is 0. The van der Waals surface area contributed by atoms with Crippen molar-refractivity contribution in [2.75, 3.05) is 0 Å². The van der Waals surface area contributed by atoms with Crippen LogP contribution in [0.2, 0.25) is 0 Å². The topological polar surface area (TPSA) is 111 Å². The zero-order valence-corrected chi connectivity index (χ0v) is 10.9. The van der Waals surface area contributed by atoms with E-state index in [1.54, 1.807) is 13.8 Å². The summed E-state index contributed by atoms with van der Waals surface area (Å²) in [6, 6.07) is 3.17. The second-order valence-electron chi connectivity index (χ2n) is 4.00. The first kappa shape index (κ1) is 15.2. The van der Waals surface area contributed by atoms with Crippen molar-refractivity contribution in [2.24, 2.45) is 10.2 Å². The van der Waals surface area contributed by atoms with Gasteiger partial charge < -0.3 is 0 Å². The molecular weight excluding hydrogens is 264 g/mol. The van der Waals surface area contributed by atoms with Crippen LogP contribution in [0.4, 0.5) is 17.1 Å². The monoisotopic (exact) mass is 276 g/mol. The summed E-state index contributed by atoms with van der Waals surface area (Å²) in [6.45, 7) is 7.26. The molecule has 0 N–H and O–H groups in total. The number of azo groups is 1. The van der Waals surface area contributed by atoms with Crippen LogP contribution in [0.1, 0.15) is 13.8 Å². The van der Waals surface area contributed by atoms with Crippen molar-refractivity contribution in [3.05, 3.63) is 62.4 Å². The predicted molar refractivity (Wildman–Crippen MR) is 72.8 cm³/mol. The van der Waals surface area contributed by atoms with E-state index in [1.165, 1.54) is 12.3 Å². The molecule has 20 heavy (non-hydrogen) atoms. The van der Waals surface area contributed by atoms with Gasteiger partial charge in [-0.05, 0) is 25.5 Å². The molecule has 0 amide bonds. The van der Waals surface area contributed by atoms with Crippen LogP contribution in [0.25, 0.3) is 0 Å². The van der Waals surface area contributed by atoms with E-state index < -0.39 is 15.5 Å². The molecule has 0 aromatic heterocycles. The Morgan fingerprint density at radius 1 is 1.25 bits per heavy atom. The van der Waals surface area contributed by atoms with Crippen molar-refractivity contribution in [3.8, 4) is 0 Å². The van der Waals surface area contributed by atoms with Gasteiger partial charge in [-0.25, -0.2) is 0 Å². The zero-order valence-electron chi connectivity index (χ0n) is 10.9. The van der Waals surface area contributed by atoms with Gasteiger partial charge in [-0.2, -0.15) is 5.11 Å². The standard InChI is InChI=1S/C12H12N4O4/c1-8(2)9(3)7-13-14-11-5-4-10(15(17)18)6-12(11)16(19)20/h4-7H,1H2,2-3H3. The SMILES string of the molecule is C=C(C)C(C)=CN=Nc1ccc([N+](=O)[O-])cc1[N+](=O)[O-]. The number of nitro groups is 2. The number of hydrogen-bond donors (Lipinski definition) is 0. The van der Waals surface area contributed by atoms with E-state index in [0.717, 1.165) is 23.3 Å². The minimum Gasteiger partial charge on any atom is -0.258 e. The lowest BCUT2D eigenvalue weighted by Crippen LogP contribution is -1.92. The van der Waals surface area contributed by atoms with Crippen LogP contribution in [-0.2, 0) is 0 Å². The molecular formula is C12H12N4O4. The van der Waals surface area contributed by atoms with Gasteiger partial charge in [0.1, 0.15) is 0 Å². The number of nitro benzene ring substituents is 2. The zero-order chi connectivity index (χ0) is 15.3. The molecule has 0 radical (unpaired) electrons. The molecule has 0 aliphatic rings. The van der Waals surface area contributed by atoms with Gasteiger partial charge in [0, 0.05) is 6.07 Å². The smallest absolute Gasteiger partial charge is 0.258 e. The second-order valence-corrected chi connectivity index (χ2v) is 4.00. The van der Waals surface area contributed by atoms with Gasteiger partial charge in [0.25, 0.3) is 5.69 Å². The van der Waals surface area contributed by atoms with Crippen LogP contribution in [0.15, 0.2) is 52.4 Å². The maximum atomic E-state index is 10.9. The van der Waals surface area contributed by atoms with Crippen molar-refractivity contribution < 1.29 is 9.85 Å². The van der Waals surface area contributed by atoms with Crippen LogP contribution in [0, 0.1) is 20.2 Å². The van der Waals surface area contributed by atoms with E-state index in [2.05, 4.69) is 16.8 Å². The Hall–Kier alpha value is -2.90. The maximum Gasteiger partial charge on any atom is 0.303 e. The number of allylic oxidation sites excluding steroid dienone is 2. The molecule has 1 rings (SSSR count). The van der Waals surface area contributed by atoms with Gasteiger partial charge in [-0.1, -0.05) is 12.2 Å². The third-order valence-electron chi connectivity index (χ3n) is 2.46. The first-order chi connectivity index (χ1) is 9.32. The molecule has 0 saturated heterocycles. The fourth-order valence-corrected chi connectivity index (χ4v) is 1.14. The van der Waals surface area contributed by atoms with Crippen LogP contribution < -0.4 is 0 Å². The fourth-order valence-electron chi connectivity index (χ4n) is 1.14. The van der Waals surface area contributed by atoms with Gasteiger partial charge in [0.05, 0.1) is 22.1 Å². The molecule has 0 fully saturated rings. The molecule has 0 aliphatic heterocycles. The molecule has 104 valence electrons. The van der Waals surface area contributed by atoms with Crippen molar-refractivity contribution >= 4 is 17.1 Å². The van der Waals surface area contributed by atoms with Gasteiger partial charge in [0.2, 0.25) is 0 Å². The van der Waals surface area contributed by atoms with Crippen molar-refractivity contribution in [3.63, 3.8) is 0 Å². The van der Waals surface area contributed by atoms with Crippen LogP contribution in [0.5, 0.6) is 0 Å². The highest BCUT2D eigenvalue weighted by Gasteiger charge is 2.19. The number of benzene rings is 1. The molecule has 0 unspecified atom stereocenters. The lowest BCUT2D eigenvalue weighted by atomic mass is 10.2. The first-order valence-corrected chi connectivity index (χ1v) is 5.49. The summed E-state index contributed by atoms with van der Waals surface area (Å²) in [5.41, 5.74) is 0.681. The third kappa shape index (κ3) is 3.80. The van der Waals surface area contributed by atoms with E-state index in [4.69, 9.17) is 0 Å². The number of non-ortho nitro benzene ring substituents is 1. The largest absolute Gasteiger partial charge is 0.303 e. The predicted octanol–water partition coefficient (Wildman–Crippen LogP) is 4.07. The first-order valence-electron chi connectivity index (χ1n) is 5.49. The lowest BCUT2D eigenvalue weighted by Gasteiger charge is -1.97. The van der Waals surface area contributed by atoms with Crippen LogP contribution >= 0.6 is 0 Å². The van der Waals surface area contributed by atoms with Crippen molar-refractivity contribution in [2.45, 2.75) is 13.8 Å². The number of hydrogen-bond acceptors (Lipinski definition) is 6. The Balaban J connectivity index is 3.16. The fraction of sp³-hybridized carbons (Fsp3) is 0.167. The van der Waals surface area contributed by atoms with Gasteiger partial charge in [0.15, 0.2) is 5.69 Å².